The van der Waals surface area contributed by atoms with E-state index in [1.165, 1.54) is 24.7 Å². The number of hydrogen-bond acceptors (Lipinski definition) is 13. The second kappa shape index (κ2) is 24.8. The van der Waals surface area contributed by atoms with E-state index in [9.17, 15) is 29.4 Å². The van der Waals surface area contributed by atoms with Gasteiger partial charge in [-0.05, 0) is 101 Å². The summed E-state index contributed by atoms with van der Waals surface area (Å²) in [5.74, 6) is -6.71. The van der Waals surface area contributed by atoms with E-state index in [0.29, 0.717) is 63.7 Å². The molecule has 2 saturated heterocycles. The van der Waals surface area contributed by atoms with Gasteiger partial charge in [-0.25, -0.2) is 9.78 Å². The Hall–Kier alpha value is -4.09. The van der Waals surface area contributed by atoms with Gasteiger partial charge in [0.2, 0.25) is 5.79 Å². The molecule has 1 saturated carbocycles. The lowest BCUT2D eigenvalue weighted by atomic mass is 9.81. The molecular formula is C54H79N3O12. The van der Waals surface area contributed by atoms with E-state index in [1.54, 1.807) is 27.2 Å². The van der Waals surface area contributed by atoms with Crippen molar-refractivity contribution in [1.29, 1.82) is 0 Å². The zero-order valence-corrected chi connectivity index (χ0v) is 42.4. The lowest BCUT2D eigenvalue weighted by molar-refractivity contribution is -0.302. The van der Waals surface area contributed by atoms with Crippen LogP contribution in [0.3, 0.4) is 0 Å². The van der Waals surface area contributed by atoms with Crippen molar-refractivity contribution in [3.05, 3.63) is 77.4 Å². The molecule has 2 bridgehead atoms. The summed E-state index contributed by atoms with van der Waals surface area (Å²) in [5, 5.41) is 24.0. The highest BCUT2D eigenvalue weighted by molar-refractivity contribution is 6.39. The summed E-state index contributed by atoms with van der Waals surface area (Å²) in [6, 6.07) is 9.05. The second-order valence-electron chi connectivity index (χ2n) is 20.4. The first-order valence-electron chi connectivity index (χ1n) is 25.3. The Balaban J connectivity index is 1.26. The van der Waals surface area contributed by atoms with Gasteiger partial charge in [-0.15, -0.1) is 0 Å². The molecule has 3 fully saturated rings. The fourth-order valence-electron chi connectivity index (χ4n) is 11.2. The number of Topliss-reactive ketones (excluding diaryl/α,β-unsaturated/α-hetero) is 2. The Morgan fingerprint density at radius 1 is 0.913 bits per heavy atom. The van der Waals surface area contributed by atoms with Crippen molar-refractivity contribution in [3.63, 3.8) is 0 Å². The number of rotatable bonds is 11. The molecule has 0 spiro atoms. The van der Waals surface area contributed by atoms with E-state index in [-0.39, 0.29) is 55.6 Å². The fraction of sp³-hybridized carbons (Fsp3) is 0.685. The number of piperidine rings is 1. The van der Waals surface area contributed by atoms with Crippen LogP contribution < -0.4 is 0 Å². The molecule has 382 valence electrons. The molecule has 15 nitrogen and oxygen atoms in total. The topological polar surface area (TPSA) is 185 Å². The average molecular weight is 962 g/mol. The molecule has 14 atom stereocenters. The summed E-state index contributed by atoms with van der Waals surface area (Å²) in [7, 11) is 4.76. The molecule has 6 rings (SSSR count). The number of ether oxygens (including phenoxy) is 6. The van der Waals surface area contributed by atoms with Crippen LogP contribution in [0.25, 0.3) is 0 Å². The van der Waals surface area contributed by atoms with Crippen molar-refractivity contribution < 1.29 is 57.8 Å². The first-order valence-corrected chi connectivity index (χ1v) is 25.3. The number of imidazole rings is 1. The predicted molar refractivity (Wildman–Crippen MR) is 258 cm³/mol. The highest BCUT2D eigenvalue weighted by Gasteiger charge is 2.56. The maximum atomic E-state index is 14.6. The van der Waals surface area contributed by atoms with E-state index in [0.717, 1.165) is 17.8 Å². The molecule has 2 N–H and O–H groups in total. The number of fused-ring (bicyclic) bond motifs is 3. The summed E-state index contributed by atoms with van der Waals surface area (Å²) in [4.78, 5) is 63.2. The van der Waals surface area contributed by atoms with Crippen LogP contribution in [0.4, 0.5) is 0 Å². The van der Waals surface area contributed by atoms with E-state index in [2.05, 4.69) is 34.7 Å². The third-order valence-electron chi connectivity index (χ3n) is 15.3. The third kappa shape index (κ3) is 13.3. The van der Waals surface area contributed by atoms with Gasteiger partial charge in [0.05, 0.1) is 30.5 Å². The van der Waals surface area contributed by atoms with Gasteiger partial charge in [0, 0.05) is 71.0 Å². The Kier molecular flexibility index (Phi) is 19.5. The van der Waals surface area contributed by atoms with E-state index < -0.39 is 77.8 Å². The van der Waals surface area contributed by atoms with E-state index in [4.69, 9.17) is 28.4 Å². The molecule has 69 heavy (non-hydrogen) atoms. The summed E-state index contributed by atoms with van der Waals surface area (Å²) in [6.07, 6.45) is 8.29. The van der Waals surface area contributed by atoms with Crippen LogP contribution >= 0.6 is 0 Å². The smallest absolute Gasteiger partial charge is 0.329 e. The molecule has 1 aromatic heterocycles. The van der Waals surface area contributed by atoms with E-state index >= 15 is 0 Å². The number of cyclic esters (lactones) is 1. The Labute approximate surface area is 409 Å². The summed E-state index contributed by atoms with van der Waals surface area (Å²) in [6.45, 7) is 12.4. The van der Waals surface area contributed by atoms with Crippen LogP contribution in [0.5, 0.6) is 0 Å². The minimum atomic E-state index is -2.51. The summed E-state index contributed by atoms with van der Waals surface area (Å²) in [5.41, 5.74) is 2.85. The number of amides is 1. The monoisotopic (exact) mass is 962 g/mol. The molecule has 4 heterocycles. The lowest BCUT2D eigenvalue weighted by Gasteiger charge is -2.47. The van der Waals surface area contributed by atoms with Gasteiger partial charge in [-0.3, -0.25) is 14.4 Å². The van der Waals surface area contributed by atoms with Gasteiger partial charge in [-0.1, -0.05) is 75.8 Å². The van der Waals surface area contributed by atoms with Crippen LogP contribution in [-0.4, -0.2) is 131 Å². The maximum Gasteiger partial charge on any atom is 0.329 e. The van der Waals surface area contributed by atoms with Crippen molar-refractivity contribution in [2.75, 3.05) is 27.9 Å². The zero-order valence-electron chi connectivity index (χ0n) is 42.4. The number of aromatic nitrogens is 2. The Morgan fingerprint density at radius 3 is 2.32 bits per heavy atom. The van der Waals surface area contributed by atoms with Crippen LogP contribution in [0.15, 0.2) is 66.0 Å². The highest BCUT2D eigenvalue weighted by Crippen LogP contribution is 2.39. The quantitative estimate of drug-likeness (QED) is 0.134. The zero-order chi connectivity index (χ0) is 50.0. The first kappa shape index (κ1) is 54.2. The Morgan fingerprint density at radius 2 is 1.62 bits per heavy atom. The van der Waals surface area contributed by atoms with Gasteiger partial charge < -0.3 is 48.1 Å². The molecule has 2 aromatic rings. The fourth-order valence-corrected chi connectivity index (χ4v) is 11.2. The third-order valence-corrected chi connectivity index (χ3v) is 15.3. The standard InChI is InChI=1S/C54H79N3O12/c1-10-40-25-33(2)24-34(3)26-46(65-8)50-47(66-9)28-36(5)54(63,69-50)51(60)52(61)57-22-15-14-18-41(57)53(62)68-49(37(6)42(58)30-43(40)59)35(4)27-39-19-20-44(45(29-39)64-7)67-32-48-55-21-23-56(48)31-38-16-12-11-13-17-38/h11-13,16-17,21,23,25,27,34,36-37,39-42,44-47,49-50,58,63H,10,14-15,18-20,22,24,26,28-32H2,1-9H3/b33-25+,35-27+/t34-,36+,37+,39-,40+,41-,42-,44+,45+,46-,47-,49+,50+,54+/m0/s1. The average Bonchev–Trinajstić information content (AvgIpc) is 3.79. The predicted octanol–water partition coefficient (Wildman–Crippen LogP) is 6.94. The number of aliphatic hydroxyl groups excluding tert-OH is 1. The molecule has 1 aliphatic carbocycles. The molecule has 1 amide bonds. The number of methoxy groups -OCH3 is 3. The van der Waals surface area contributed by atoms with Gasteiger partial charge in [-0.2, -0.15) is 0 Å². The van der Waals surface area contributed by atoms with Crippen LogP contribution in [0, 0.1) is 29.6 Å². The van der Waals surface area contributed by atoms with Gasteiger partial charge in [0.25, 0.3) is 11.7 Å². The van der Waals surface area contributed by atoms with Crippen molar-refractivity contribution in [1.82, 2.24) is 14.5 Å². The number of hydrogen-bond donors (Lipinski definition) is 2. The molecule has 15 heteroatoms. The number of nitrogens with zero attached hydrogens (tertiary/aromatic N) is 3. The van der Waals surface area contributed by atoms with E-state index in [1.807, 2.05) is 51.2 Å². The molecular weight excluding hydrogens is 883 g/mol. The number of ketones is 2. The number of allylic oxidation sites excluding steroid dienone is 3. The van der Waals surface area contributed by atoms with Crippen LogP contribution in [0.2, 0.25) is 0 Å². The molecule has 1 aromatic carbocycles. The highest BCUT2D eigenvalue weighted by atomic mass is 16.7. The summed E-state index contributed by atoms with van der Waals surface area (Å²) >= 11 is 0. The minimum Gasteiger partial charge on any atom is -0.456 e. The van der Waals surface area contributed by atoms with Crippen molar-refractivity contribution in [2.24, 2.45) is 29.6 Å². The van der Waals surface area contributed by atoms with Crippen molar-refractivity contribution in [3.8, 4) is 0 Å². The number of esters is 1. The molecule has 0 unspecified atom stereocenters. The normalized spacial score (nSPS) is 35.9. The van der Waals surface area contributed by atoms with Gasteiger partial charge in [0.15, 0.2) is 0 Å². The second-order valence-corrected chi connectivity index (χ2v) is 20.4. The minimum absolute atomic E-state index is 0.00695. The van der Waals surface area contributed by atoms with Gasteiger partial charge in [0.1, 0.15) is 36.5 Å². The number of aliphatic hydroxyl groups is 2. The van der Waals surface area contributed by atoms with Crippen LogP contribution in [-0.2, 0) is 60.8 Å². The SMILES string of the molecule is CC[C@@H]1/C=C(\C)C[C@H](C)C[C@H](OC)[C@H]2O[C@@](O)(C(=O)C(=O)N3CCCC[C@H]3C(=O)O[C@H](/C(C)=C/[C@@H]3CC[C@@H](OCc4nccn4Cc4ccccc4)[C@H](OC)C3)[C@H](C)[C@@H](O)CC1=O)[C@H](C)C[C@@H]2OC. The largest absolute Gasteiger partial charge is 0.456 e. The molecule has 4 aliphatic rings. The van der Waals surface area contributed by atoms with Crippen LogP contribution in [0.1, 0.15) is 124 Å². The van der Waals surface area contributed by atoms with Crippen molar-refractivity contribution >= 4 is 23.4 Å². The number of carbonyl (C=O) groups excluding carboxylic acids is 4. The number of carbonyl (C=O) groups is 4. The lowest BCUT2D eigenvalue weighted by Crippen LogP contribution is -2.64. The summed E-state index contributed by atoms with van der Waals surface area (Å²) < 4.78 is 39.1. The van der Waals surface area contributed by atoms with Gasteiger partial charge >= 0.3 is 5.97 Å². The first-order chi connectivity index (χ1) is 33.0. The number of benzene rings is 1. The van der Waals surface area contributed by atoms with Crippen molar-refractivity contribution in [2.45, 2.75) is 180 Å². The molecule has 3 aliphatic heterocycles. The maximum absolute atomic E-state index is 14.6. The molecule has 0 radical (unpaired) electrons. The Bertz CT molecular complexity index is 2090.